The SMILES string of the molecule is CN(C(=O)CC(C)(C)C)c1ccc2cc(NC(=O)c3cnc[nH]3)n(C3CC3)c2c1. The third-order valence-electron chi connectivity index (χ3n) is 5.16. The van der Waals surface area contributed by atoms with Crippen LogP contribution in [0.25, 0.3) is 10.9 Å². The van der Waals surface area contributed by atoms with E-state index in [1.54, 1.807) is 4.90 Å². The Morgan fingerprint density at radius 3 is 2.66 bits per heavy atom. The Bertz CT molecular complexity index is 1050. The molecule has 1 aromatic carbocycles. The summed E-state index contributed by atoms with van der Waals surface area (Å²) in [4.78, 5) is 33.6. The first kappa shape index (κ1) is 19.2. The number of carbonyl (C=O) groups excluding carboxylic acids is 2. The van der Waals surface area contributed by atoms with Gasteiger partial charge < -0.3 is 19.8 Å². The van der Waals surface area contributed by atoms with E-state index in [2.05, 4.69) is 40.6 Å². The van der Waals surface area contributed by atoms with Crippen LogP contribution < -0.4 is 10.2 Å². The molecule has 1 aliphatic rings. The van der Waals surface area contributed by atoms with Crippen molar-refractivity contribution in [3.05, 3.63) is 42.5 Å². The third kappa shape index (κ3) is 4.04. The molecule has 0 radical (unpaired) electrons. The van der Waals surface area contributed by atoms with Gasteiger partial charge in [0.15, 0.2) is 0 Å². The number of aromatic nitrogens is 3. The minimum absolute atomic E-state index is 0.0617. The minimum Gasteiger partial charge on any atom is -0.341 e. The molecule has 152 valence electrons. The molecule has 4 rings (SSSR count). The molecule has 1 fully saturated rings. The van der Waals surface area contributed by atoms with E-state index in [9.17, 15) is 9.59 Å². The highest BCUT2D eigenvalue weighted by molar-refractivity contribution is 6.04. The summed E-state index contributed by atoms with van der Waals surface area (Å²) in [6.07, 6.45) is 5.64. The van der Waals surface area contributed by atoms with E-state index < -0.39 is 0 Å². The van der Waals surface area contributed by atoms with Crippen LogP contribution in [0, 0.1) is 5.41 Å². The summed E-state index contributed by atoms with van der Waals surface area (Å²) in [6.45, 7) is 6.19. The zero-order valence-electron chi connectivity index (χ0n) is 17.3. The van der Waals surface area contributed by atoms with Crippen LogP contribution in [0.3, 0.4) is 0 Å². The van der Waals surface area contributed by atoms with E-state index in [0.717, 1.165) is 35.2 Å². The van der Waals surface area contributed by atoms with Gasteiger partial charge in [-0.3, -0.25) is 9.59 Å². The normalized spacial score (nSPS) is 14.2. The number of anilines is 2. The maximum Gasteiger partial charge on any atom is 0.274 e. The van der Waals surface area contributed by atoms with Crippen molar-refractivity contribution in [3.8, 4) is 0 Å². The van der Waals surface area contributed by atoms with Gasteiger partial charge >= 0.3 is 0 Å². The Balaban J connectivity index is 1.67. The van der Waals surface area contributed by atoms with Crippen LogP contribution in [0.5, 0.6) is 0 Å². The fourth-order valence-electron chi connectivity index (χ4n) is 3.52. The number of nitrogens with zero attached hydrogens (tertiary/aromatic N) is 3. The second-order valence-corrected chi connectivity index (χ2v) is 8.98. The van der Waals surface area contributed by atoms with E-state index in [0.29, 0.717) is 18.2 Å². The van der Waals surface area contributed by atoms with Crippen molar-refractivity contribution in [1.29, 1.82) is 0 Å². The van der Waals surface area contributed by atoms with Gasteiger partial charge in [0.25, 0.3) is 5.91 Å². The minimum atomic E-state index is -0.218. The molecule has 3 aromatic rings. The summed E-state index contributed by atoms with van der Waals surface area (Å²) >= 11 is 0. The Kier molecular flexibility index (Phi) is 4.68. The first-order valence-corrected chi connectivity index (χ1v) is 9.94. The molecule has 0 unspecified atom stereocenters. The summed E-state index contributed by atoms with van der Waals surface area (Å²) in [5.41, 5.74) is 2.25. The first-order chi connectivity index (χ1) is 13.7. The topological polar surface area (TPSA) is 83.0 Å². The Morgan fingerprint density at radius 1 is 1.28 bits per heavy atom. The number of rotatable bonds is 5. The predicted octanol–water partition coefficient (Wildman–Crippen LogP) is 4.35. The lowest BCUT2D eigenvalue weighted by atomic mass is 9.91. The van der Waals surface area contributed by atoms with Crippen LogP contribution in [0.2, 0.25) is 0 Å². The number of fused-ring (bicyclic) bond motifs is 1. The second-order valence-electron chi connectivity index (χ2n) is 8.98. The van der Waals surface area contributed by atoms with Crippen LogP contribution in [0.1, 0.15) is 56.6 Å². The maximum atomic E-state index is 12.7. The summed E-state index contributed by atoms with van der Waals surface area (Å²) < 4.78 is 2.18. The fourth-order valence-corrected chi connectivity index (χ4v) is 3.52. The maximum absolute atomic E-state index is 12.7. The van der Waals surface area contributed by atoms with Gasteiger partial charge in [0, 0.05) is 30.6 Å². The molecule has 0 spiro atoms. The van der Waals surface area contributed by atoms with Crippen molar-refractivity contribution in [2.75, 3.05) is 17.3 Å². The van der Waals surface area contributed by atoms with Crippen LogP contribution in [-0.4, -0.2) is 33.4 Å². The van der Waals surface area contributed by atoms with E-state index in [4.69, 9.17) is 0 Å². The van der Waals surface area contributed by atoms with Gasteiger partial charge in [-0.15, -0.1) is 0 Å². The van der Waals surface area contributed by atoms with E-state index in [1.807, 2.05) is 31.3 Å². The van der Waals surface area contributed by atoms with Crippen LogP contribution >= 0.6 is 0 Å². The average Bonchev–Trinajstić information content (AvgIpc) is 3.19. The molecule has 0 aliphatic heterocycles. The summed E-state index contributed by atoms with van der Waals surface area (Å²) in [5, 5.41) is 4.04. The first-order valence-electron chi connectivity index (χ1n) is 9.94. The number of carbonyl (C=O) groups is 2. The van der Waals surface area contributed by atoms with Gasteiger partial charge in [-0.05, 0) is 36.5 Å². The van der Waals surface area contributed by atoms with Gasteiger partial charge in [0.1, 0.15) is 11.5 Å². The van der Waals surface area contributed by atoms with Crippen LogP contribution in [0.15, 0.2) is 36.8 Å². The number of nitrogens with one attached hydrogen (secondary N) is 2. The van der Waals surface area contributed by atoms with Gasteiger partial charge in [-0.2, -0.15) is 0 Å². The van der Waals surface area contributed by atoms with E-state index in [1.165, 1.54) is 12.5 Å². The molecule has 1 aliphatic carbocycles. The smallest absolute Gasteiger partial charge is 0.274 e. The molecular weight excluding hydrogens is 366 g/mol. The molecule has 1 saturated carbocycles. The zero-order valence-corrected chi connectivity index (χ0v) is 17.3. The number of imidazole rings is 1. The van der Waals surface area contributed by atoms with Gasteiger partial charge in [-0.25, -0.2) is 4.98 Å². The number of amides is 2. The number of aromatic amines is 1. The molecule has 2 N–H and O–H groups in total. The largest absolute Gasteiger partial charge is 0.341 e. The molecule has 7 nitrogen and oxygen atoms in total. The molecule has 2 aromatic heterocycles. The average molecular weight is 393 g/mol. The summed E-state index contributed by atoms with van der Waals surface area (Å²) in [5.74, 6) is 0.641. The molecule has 2 heterocycles. The number of hydrogen-bond donors (Lipinski definition) is 2. The van der Waals surface area contributed by atoms with Gasteiger partial charge in [0.05, 0.1) is 18.0 Å². The van der Waals surface area contributed by atoms with Crippen LogP contribution in [-0.2, 0) is 4.79 Å². The quantitative estimate of drug-likeness (QED) is 0.676. The fraction of sp³-hybridized carbons (Fsp3) is 0.409. The van der Waals surface area contributed by atoms with Crippen molar-refractivity contribution in [2.24, 2.45) is 5.41 Å². The van der Waals surface area contributed by atoms with Gasteiger partial charge in [0.2, 0.25) is 5.91 Å². The standard InChI is InChI=1S/C22H27N5O2/c1-22(2,3)11-20(28)26(4)16-6-5-14-9-19(25-21(29)17-12-23-13-24-17)27(15-7-8-15)18(14)10-16/h5-6,9-10,12-13,15H,7-8,11H2,1-4H3,(H,23,24)(H,25,29). The Morgan fingerprint density at radius 2 is 2.03 bits per heavy atom. The zero-order chi connectivity index (χ0) is 20.8. The number of H-pyrrole nitrogens is 1. The number of hydrogen-bond acceptors (Lipinski definition) is 3. The van der Waals surface area contributed by atoms with E-state index >= 15 is 0 Å². The lowest BCUT2D eigenvalue weighted by Crippen LogP contribution is -2.29. The predicted molar refractivity (Wildman–Crippen MR) is 114 cm³/mol. The van der Waals surface area contributed by atoms with Crippen molar-refractivity contribution in [1.82, 2.24) is 14.5 Å². The third-order valence-corrected chi connectivity index (χ3v) is 5.16. The van der Waals surface area contributed by atoms with Crippen molar-refractivity contribution in [2.45, 2.75) is 46.1 Å². The molecule has 7 heteroatoms. The molecule has 29 heavy (non-hydrogen) atoms. The highest BCUT2D eigenvalue weighted by Crippen LogP contribution is 2.42. The molecule has 0 saturated heterocycles. The summed E-state index contributed by atoms with van der Waals surface area (Å²) in [7, 11) is 1.82. The van der Waals surface area contributed by atoms with Crippen LogP contribution in [0.4, 0.5) is 11.5 Å². The highest BCUT2D eigenvalue weighted by atomic mass is 16.2. The molecule has 0 atom stereocenters. The van der Waals surface area contributed by atoms with Gasteiger partial charge in [-0.1, -0.05) is 26.8 Å². The molecule has 0 bridgehead atoms. The second kappa shape index (κ2) is 7.06. The lowest BCUT2D eigenvalue weighted by molar-refractivity contribution is -0.120. The highest BCUT2D eigenvalue weighted by Gasteiger charge is 2.29. The Labute approximate surface area is 170 Å². The molecule has 2 amide bonds. The lowest BCUT2D eigenvalue weighted by Gasteiger charge is -2.23. The molecular formula is C22H27N5O2. The van der Waals surface area contributed by atoms with Crippen molar-refractivity contribution >= 4 is 34.2 Å². The van der Waals surface area contributed by atoms with Crippen molar-refractivity contribution < 1.29 is 9.59 Å². The number of benzene rings is 1. The van der Waals surface area contributed by atoms with Crippen molar-refractivity contribution in [3.63, 3.8) is 0 Å². The Hall–Kier alpha value is -3.09. The van der Waals surface area contributed by atoms with E-state index in [-0.39, 0.29) is 17.2 Å². The monoisotopic (exact) mass is 393 g/mol. The summed E-state index contributed by atoms with van der Waals surface area (Å²) in [6, 6.07) is 8.37.